The lowest BCUT2D eigenvalue weighted by Gasteiger charge is -2.22. The molecule has 0 spiro atoms. The Bertz CT molecular complexity index is 529. The SMILES string of the molecule is CNCCc1sc(C2CCC2)nc1-c1ccccc1. The number of thiazole rings is 1. The summed E-state index contributed by atoms with van der Waals surface area (Å²) >= 11 is 1.93. The van der Waals surface area contributed by atoms with Crippen molar-refractivity contribution >= 4 is 11.3 Å². The zero-order valence-electron chi connectivity index (χ0n) is 11.4. The Morgan fingerprint density at radius 1 is 1.26 bits per heavy atom. The van der Waals surface area contributed by atoms with Crippen LogP contribution in [0.4, 0.5) is 0 Å². The van der Waals surface area contributed by atoms with Crippen LogP contribution in [0.5, 0.6) is 0 Å². The number of aromatic nitrogens is 1. The van der Waals surface area contributed by atoms with Gasteiger partial charge in [-0.2, -0.15) is 0 Å². The molecule has 1 N–H and O–H groups in total. The summed E-state index contributed by atoms with van der Waals surface area (Å²) in [6, 6.07) is 10.6. The van der Waals surface area contributed by atoms with Gasteiger partial charge >= 0.3 is 0 Å². The second-order valence-electron chi connectivity index (χ2n) is 5.17. The van der Waals surface area contributed by atoms with Crippen LogP contribution in [-0.4, -0.2) is 18.6 Å². The first-order chi connectivity index (χ1) is 9.38. The minimum absolute atomic E-state index is 0.732. The van der Waals surface area contributed by atoms with Crippen molar-refractivity contribution in [3.05, 3.63) is 40.2 Å². The first-order valence-electron chi connectivity index (χ1n) is 7.08. The van der Waals surface area contributed by atoms with Gasteiger partial charge in [0.05, 0.1) is 10.7 Å². The Morgan fingerprint density at radius 3 is 2.68 bits per heavy atom. The highest BCUT2D eigenvalue weighted by molar-refractivity contribution is 7.12. The third kappa shape index (κ3) is 2.72. The number of nitrogens with zero attached hydrogens (tertiary/aromatic N) is 1. The summed E-state index contributed by atoms with van der Waals surface area (Å²) in [5.74, 6) is 0.732. The quantitative estimate of drug-likeness (QED) is 0.894. The second kappa shape index (κ2) is 5.85. The Morgan fingerprint density at radius 2 is 2.05 bits per heavy atom. The third-order valence-electron chi connectivity index (χ3n) is 3.82. The fourth-order valence-corrected chi connectivity index (χ4v) is 3.69. The largest absolute Gasteiger partial charge is 0.319 e. The van der Waals surface area contributed by atoms with E-state index in [1.165, 1.54) is 40.4 Å². The number of benzene rings is 1. The number of rotatable bonds is 5. The Balaban J connectivity index is 1.93. The minimum atomic E-state index is 0.732. The van der Waals surface area contributed by atoms with Crippen molar-refractivity contribution in [3.8, 4) is 11.3 Å². The maximum atomic E-state index is 4.95. The van der Waals surface area contributed by atoms with Crippen molar-refractivity contribution in [1.82, 2.24) is 10.3 Å². The predicted molar refractivity (Wildman–Crippen MR) is 81.8 cm³/mol. The smallest absolute Gasteiger partial charge is 0.0966 e. The molecule has 1 saturated carbocycles. The molecule has 19 heavy (non-hydrogen) atoms. The maximum absolute atomic E-state index is 4.95. The van der Waals surface area contributed by atoms with Gasteiger partial charge in [0.25, 0.3) is 0 Å². The van der Waals surface area contributed by atoms with E-state index in [0.717, 1.165) is 18.9 Å². The van der Waals surface area contributed by atoms with Crippen LogP contribution in [0.3, 0.4) is 0 Å². The number of nitrogens with one attached hydrogen (secondary N) is 1. The van der Waals surface area contributed by atoms with Crippen molar-refractivity contribution in [2.24, 2.45) is 0 Å². The van der Waals surface area contributed by atoms with E-state index in [-0.39, 0.29) is 0 Å². The van der Waals surface area contributed by atoms with E-state index in [4.69, 9.17) is 4.98 Å². The molecule has 1 aliphatic rings. The molecule has 1 aliphatic carbocycles. The molecular weight excluding hydrogens is 252 g/mol. The van der Waals surface area contributed by atoms with Crippen molar-refractivity contribution < 1.29 is 0 Å². The summed E-state index contributed by atoms with van der Waals surface area (Å²) in [5, 5.41) is 4.60. The highest BCUT2D eigenvalue weighted by atomic mass is 32.1. The zero-order chi connectivity index (χ0) is 13.1. The van der Waals surface area contributed by atoms with Crippen LogP contribution in [-0.2, 0) is 6.42 Å². The zero-order valence-corrected chi connectivity index (χ0v) is 12.2. The summed E-state index contributed by atoms with van der Waals surface area (Å²) in [5.41, 5.74) is 2.47. The maximum Gasteiger partial charge on any atom is 0.0966 e. The first kappa shape index (κ1) is 12.8. The lowest BCUT2D eigenvalue weighted by atomic mass is 9.86. The lowest BCUT2D eigenvalue weighted by Crippen LogP contribution is -2.09. The number of likely N-dealkylation sites (N-methyl/N-ethyl adjacent to an activating group) is 1. The first-order valence-corrected chi connectivity index (χ1v) is 7.89. The van der Waals surface area contributed by atoms with Gasteiger partial charge in [0, 0.05) is 16.4 Å². The molecule has 3 heteroatoms. The van der Waals surface area contributed by atoms with Crippen molar-refractivity contribution in [1.29, 1.82) is 0 Å². The third-order valence-corrected chi connectivity index (χ3v) is 5.10. The fraction of sp³-hybridized carbons (Fsp3) is 0.438. The lowest BCUT2D eigenvalue weighted by molar-refractivity contribution is 0.418. The van der Waals surface area contributed by atoms with Gasteiger partial charge in [-0.1, -0.05) is 36.8 Å². The van der Waals surface area contributed by atoms with Crippen LogP contribution >= 0.6 is 11.3 Å². The molecule has 1 aromatic carbocycles. The standard InChI is InChI=1S/C16H20N2S/c1-17-11-10-14-15(12-6-3-2-4-7-12)18-16(19-14)13-8-5-9-13/h2-4,6-7,13,17H,5,8-11H2,1H3. The van der Waals surface area contributed by atoms with E-state index in [2.05, 4.69) is 35.6 Å². The van der Waals surface area contributed by atoms with Gasteiger partial charge in [0.2, 0.25) is 0 Å². The molecule has 0 atom stereocenters. The molecule has 1 heterocycles. The van der Waals surface area contributed by atoms with E-state index in [1.54, 1.807) is 0 Å². The summed E-state index contributed by atoms with van der Waals surface area (Å²) in [6.45, 7) is 1.02. The molecule has 1 aromatic heterocycles. The molecule has 2 aromatic rings. The highest BCUT2D eigenvalue weighted by Gasteiger charge is 2.24. The highest BCUT2D eigenvalue weighted by Crippen LogP contribution is 2.41. The molecule has 0 amide bonds. The van der Waals surface area contributed by atoms with E-state index in [0.29, 0.717) is 0 Å². The molecule has 0 saturated heterocycles. The summed E-state index contributed by atoms with van der Waals surface area (Å²) in [7, 11) is 2.01. The van der Waals surface area contributed by atoms with Gasteiger partial charge in [-0.05, 0) is 32.9 Å². The molecule has 0 aliphatic heterocycles. The molecule has 2 nitrogen and oxygen atoms in total. The van der Waals surface area contributed by atoms with Crippen LogP contribution in [0, 0.1) is 0 Å². The monoisotopic (exact) mass is 272 g/mol. The molecule has 1 fully saturated rings. The van der Waals surface area contributed by atoms with E-state index < -0.39 is 0 Å². The molecule has 0 unspecified atom stereocenters. The van der Waals surface area contributed by atoms with E-state index >= 15 is 0 Å². The Kier molecular flexibility index (Phi) is 3.95. The summed E-state index contributed by atoms with van der Waals surface area (Å²) in [6.07, 6.45) is 5.10. The van der Waals surface area contributed by atoms with E-state index in [1.807, 2.05) is 18.4 Å². The van der Waals surface area contributed by atoms with Gasteiger partial charge in [-0.3, -0.25) is 0 Å². The molecule has 100 valence electrons. The normalized spacial score (nSPS) is 15.4. The van der Waals surface area contributed by atoms with Gasteiger partial charge in [0.15, 0.2) is 0 Å². The van der Waals surface area contributed by atoms with E-state index in [9.17, 15) is 0 Å². The number of hydrogen-bond donors (Lipinski definition) is 1. The van der Waals surface area contributed by atoms with Crippen LogP contribution in [0.15, 0.2) is 30.3 Å². The average Bonchev–Trinajstić information content (AvgIpc) is 2.79. The van der Waals surface area contributed by atoms with Gasteiger partial charge < -0.3 is 5.32 Å². The molecule has 0 bridgehead atoms. The summed E-state index contributed by atoms with van der Waals surface area (Å²) in [4.78, 5) is 6.38. The fourth-order valence-electron chi connectivity index (χ4n) is 2.43. The summed E-state index contributed by atoms with van der Waals surface area (Å²) < 4.78 is 0. The van der Waals surface area contributed by atoms with Crippen molar-refractivity contribution in [2.75, 3.05) is 13.6 Å². The van der Waals surface area contributed by atoms with Crippen LogP contribution in [0.25, 0.3) is 11.3 Å². The van der Waals surface area contributed by atoms with Gasteiger partial charge in [-0.25, -0.2) is 4.98 Å². The van der Waals surface area contributed by atoms with Crippen LogP contribution in [0.1, 0.15) is 35.1 Å². The second-order valence-corrected chi connectivity index (χ2v) is 6.29. The minimum Gasteiger partial charge on any atom is -0.319 e. The number of hydrogen-bond acceptors (Lipinski definition) is 3. The van der Waals surface area contributed by atoms with Crippen molar-refractivity contribution in [3.63, 3.8) is 0 Å². The van der Waals surface area contributed by atoms with Crippen molar-refractivity contribution in [2.45, 2.75) is 31.6 Å². The van der Waals surface area contributed by atoms with Gasteiger partial charge in [0.1, 0.15) is 0 Å². The van der Waals surface area contributed by atoms with Gasteiger partial charge in [-0.15, -0.1) is 11.3 Å². The average molecular weight is 272 g/mol. The molecule has 3 rings (SSSR count). The topological polar surface area (TPSA) is 24.9 Å². The predicted octanol–water partition coefficient (Wildman–Crippen LogP) is 3.84. The Hall–Kier alpha value is -1.19. The van der Waals surface area contributed by atoms with Crippen LogP contribution in [0.2, 0.25) is 0 Å². The molecule has 0 radical (unpaired) electrons. The van der Waals surface area contributed by atoms with Crippen LogP contribution < -0.4 is 5.32 Å². The Labute approximate surface area is 118 Å². The molecular formula is C16H20N2S.